The van der Waals surface area contributed by atoms with Crippen molar-refractivity contribution in [2.24, 2.45) is 5.92 Å². The van der Waals surface area contributed by atoms with E-state index in [4.69, 9.17) is 9.26 Å². The highest BCUT2D eigenvalue weighted by Crippen LogP contribution is 2.36. The third kappa shape index (κ3) is 6.49. The topological polar surface area (TPSA) is 154 Å². The zero-order valence-corrected chi connectivity index (χ0v) is 24.7. The minimum absolute atomic E-state index is 0.0105. The summed E-state index contributed by atoms with van der Waals surface area (Å²) in [5, 5.41) is 16.5. The first-order chi connectivity index (χ1) is 19.8. The molecule has 0 aliphatic carbocycles. The number of anilines is 2. The third-order valence-electron chi connectivity index (χ3n) is 7.13. The third-order valence-corrected chi connectivity index (χ3v) is 8.51. The smallest absolute Gasteiger partial charge is 0.321 e. The molecule has 3 amide bonds. The standard InChI is InChI=1S/C28H34FN5O7S/c1-16-13-34(17(2)15-35)27(36)22-7-6-8-23(32-42(38,39)21-11-9-20(29)10-12-21)26(22)40-24(16)14-33(5)28(37)30-25-18(3)31-41-19(25)4/h6-12,16-17,24,32,35H,13-15H2,1-5H3,(H,30,37)/t16-,17+,24+/m0/s1. The predicted octanol–water partition coefficient (Wildman–Crippen LogP) is 3.62. The van der Waals surface area contributed by atoms with Crippen LogP contribution >= 0.6 is 0 Å². The molecule has 2 aromatic carbocycles. The Hall–Kier alpha value is -4.17. The zero-order valence-electron chi connectivity index (χ0n) is 23.9. The number of aliphatic hydroxyl groups is 1. The molecule has 0 bridgehead atoms. The molecule has 2 heterocycles. The summed E-state index contributed by atoms with van der Waals surface area (Å²) in [6.07, 6.45) is -0.706. The van der Waals surface area contributed by atoms with Crippen LogP contribution in [0.5, 0.6) is 5.75 Å². The molecule has 0 spiro atoms. The molecule has 1 aliphatic heterocycles. The maximum atomic E-state index is 13.7. The molecule has 1 aromatic heterocycles. The lowest BCUT2D eigenvalue weighted by atomic mass is 9.99. The number of sulfonamides is 1. The van der Waals surface area contributed by atoms with E-state index in [9.17, 15) is 27.5 Å². The molecule has 14 heteroatoms. The lowest BCUT2D eigenvalue weighted by Crippen LogP contribution is -2.50. The van der Waals surface area contributed by atoms with Crippen LogP contribution in [0.2, 0.25) is 0 Å². The van der Waals surface area contributed by atoms with Crippen molar-refractivity contribution < 1.29 is 36.8 Å². The van der Waals surface area contributed by atoms with Gasteiger partial charge in [0.05, 0.1) is 35.3 Å². The maximum absolute atomic E-state index is 13.7. The predicted molar refractivity (Wildman–Crippen MR) is 152 cm³/mol. The molecule has 0 unspecified atom stereocenters. The number of likely N-dealkylation sites (N-methyl/N-ethyl adjacent to an activating group) is 1. The lowest BCUT2D eigenvalue weighted by molar-refractivity contribution is 0.0373. The number of aliphatic hydroxyl groups excluding tert-OH is 1. The van der Waals surface area contributed by atoms with Crippen molar-refractivity contribution in [3.63, 3.8) is 0 Å². The van der Waals surface area contributed by atoms with Gasteiger partial charge in [-0.2, -0.15) is 0 Å². The fourth-order valence-corrected chi connectivity index (χ4v) is 5.64. The first-order valence-corrected chi connectivity index (χ1v) is 14.8. The van der Waals surface area contributed by atoms with E-state index in [1.807, 2.05) is 6.92 Å². The SMILES string of the molecule is Cc1noc(C)c1NC(=O)N(C)C[C@H]1Oc2c(NS(=O)(=O)c3ccc(F)cc3)cccc2C(=O)N([C@H](C)CO)C[C@@H]1C. The summed E-state index contributed by atoms with van der Waals surface area (Å²) in [5.74, 6) is -0.982. The van der Waals surface area contributed by atoms with Crippen molar-refractivity contribution in [2.45, 2.75) is 44.7 Å². The van der Waals surface area contributed by atoms with Gasteiger partial charge in [0.1, 0.15) is 23.3 Å². The fraction of sp³-hybridized carbons (Fsp3) is 0.393. The molecule has 12 nitrogen and oxygen atoms in total. The Morgan fingerprint density at radius 2 is 1.93 bits per heavy atom. The molecule has 4 rings (SSSR count). The number of aryl methyl sites for hydroxylation is 2. The number of carbonyl (C=O) groups is 2. The lowest BCUT2D eigenvalue weighted by Gasteiger charge is -2.38. The number of amides is 3. The van der Waals surface area contributed by atoms with E-state index in [0.29, 0.717) is 17.1 Å². The minimum atomic E-state index is -4.19. The fourth-order valence-electron chi connectivity index (χ4n) is 4.58. The zero-order chi connectivity index (χ0) is 30.8. The van der Waals surface area contributed by atoms with Gasteiger partial charge < -0.3 is 29.5 Å². The van der Waals surface area contributed by atoms with Gasteiger partial charge in [0, 0.05) is 19.5 Å². The Bertz CT molecular complexity index is 1540. The Balaban J connectivity index is 1.70. The number of nitrogens with zero attached hydrogens (tertiary/aromatic N) is 3. The largest absolute Gasteiger partial charge is 0.485 e. The van der Waals surface area contributed by atoms with Gasteiger partial charge in [-0.15, -0.1) is 0 Å². The number of fused-ring (bicyclic) bond motifs is 1. The normalized spacial score (nSPS) is 17.9. The first-order valence-electron chi connectivity index (χ1n) is 13.3. The molecular formula is C28H34FN5O7S. The quantitative estimate of drug-likeness (QED) is 0.353. The number of hydrogen-bond donors (Lipinski definition) is 3. The summed E-state index contributed by atoms with van der Waals surface area (Å²) in [6.45, 7) is 6.88. The summed E-state index contributed by atoms with van der Waals surface area (Å²) in [6, 6.07) is 7.76. The second-order valence-corrected chi connectivity index (χ2v) is 12.1. The molecule has 1 aliphatic rings. The van der Waals surface area contributed by atoms with Crippen LogP contribution < -0.4 is 14.8 Å². The van der Waals surface area contributed by atoms with E-state index >= 15 is 0 Å². The van der Waals surface area contributed by atoms with Crippen molar-refractivity contribution in [1.82, 2.24) is 15.0 Å². The van der Waals surface area contributed by atoms with Gasteiger partial charge in [-0.3, -0.25) is 9.52 Å². The highest BCUT2D eigenvalue weighted by atomic mass is 32.2. The highest BCUT2D eigenvalue weighted by Gasteiger charge is 2.35. The monoisotopic (exact) mass is 603 g/mol. The molecule has 3 atom stereocenters. The summed E-state index contributed by atoms with van der Waals surface area (Å²) in [4.78, 5) is 29.5. The number of hydrogen-bond acceptors (Lipinski definition) is 8. The van der Waals surface area contributed by atoms with Gasteiger partial charge in [-0.05, 0) is 57.2 Å². The van der Waals surface area contributed by atoms with Crippen LogP contribution in [-0.2, 0) is 10.0 Å². The van der Waals surface area contributed by atoms with Crippen LogP contribution in [0.4, 0.5) is 20.6 Å². The average Bonchev–Trinajstić information content (AvgIpc) is 3.26. The Labute approximate surface area is 243 Å². The van der Waals surface area contributed by atoms with Crippen molar-refractivity contribution in [3.8, 4) is 5.75 Å². The number of halogens is 1. The van der Waals surface area contributed by atoms with Gasteiger partial charge >= 0.3 is 6.03 Å². The number of rotatable bonds is 8. The van der Waals surface area contributed by atoms with Gasteiger partial charge in [0.2, 0.25) is 0 Å². The Morgan fingerprint density at radius 1 is 1.24 bits per heavy atom. The van der Waals surface area contributed by atoms with Gasteiger partial charge in [-0.25, -0.2) is 17.6 Å². The van der Waals surface area contributed by atoms with Crippen LogP contribution in [0.25, 0.3) is 0 Å². The van der Waals surface area contributed by atoms with E-state index < -0.39 is 39.9 Å². The summed E-state index contributed by atoms with van der Waals surface area (Å²) in [7, 11) is -2.62. The molecule has 42 heavy (non-hydrogen) atoms. The van der Waals surface area contributed by atoms with E-state index in [1.54, 1.807) is 27.8 Å². The van der Waals surface area contributed by atoms with Crippen molar-refractivity contribution in [1.29, 1.82) is 0 Å². The molecular weight excluding hydrogens is 569 g/mol. The van der Waals surface area contributed by atoms with Crippen LogP contribution in [0.1, 0.15) is 35.7 Å². The van der Waals surface area contributed by atoms with Crippen molar-refractivity contribution in [2.75, 3.05) is 36.8 Å². The second kappa shape index (κ2) is 12.4. The van der Waals surface area contributed by atoms with Gasteiger partial charge in [0.25, 0.3) is 15.9 Å². The maximum Gasteiger partial charge on any atom is 0.321 e. The number of ether oxygens (including phenoxy) is 1. The van der Waals surface area contributed by atoms with E-state index in [0.717, 1.165) is 24.3 Å². The summed E-state index contributed by atoms with van der Waals surface area (Å²) in [5.41, 5.74) is 1.04. The van der Waals surface area contributed by atoms with Crippen LogP contribution in [-0.4, -0.2) is 79.3 Å². The van der Waals surface area contributed by atoms with Crippen molar-refractivity contribution >= 4 is 33.3 Å². The minimum Gasteiger partial charge on any atom is -0.485 e. The number of aromatic nitrogens is 1. The number of benzene rings is 2. The van der Waals surface area contributed by atoms with Gasteiger partial charge in [-0.1, -0.05) is 18.1 Å². The van der Waals surface area contributed by atoms with Crippen LogP contribution in [0, 0.1) is 25.6 Å². The molecule has 0 fully saturated rings. The van der Waals surface area contributed by atoms with Crippen molar-refractivity contribution in [3.05, 3.63) is 65.3 Å². The van der Waals surface area contributed by atoms with Crippen LogP contribution in [0.3, 0.4) is 0 Å². The first kappa shape index (κ1) is 30.8. The Morgan fingerprint density at radius 3 is 2.55 bits per heavy atom. The van der Waals surface area contributed by atoms with E-state index in [-0.39, 0.29) is 47.5 Å². The van der Waals surface area contributed by atoms with E-state index in [2.05, 4.69) is 15.2 Å². The summed E-state index contributed by atoms with van der Waals surface area (Å²) < 4.78 is 53.7. The average molecular weight is 604 g/mol. The number of para-hydroxylation sites is 1. The molecule has 3 N–H and O–H groups in total. The molecule has 0 radical (unpaired) electrons. The van der Waals surface area contributed by atoms with E-state index in [1.165, 1.54) is 28.0 Å². The second-order valence-electron chi connectivity index (χ2n) is 10.4. The number of carbonyl (C=O) groups excluding carboxylic acids is 2. The number of urea groups is 1. The highest BCUT2D eigenvalue weighted by molar-refractivity contribution is 7.92. The molecule has 3 aromatic rings. The number of nitrogens with one attached hydrogen (secondary N) is 2. The Kier molecular flexibility index (Phi) is 9.06. The summed E-state index contributed by atoms with van der Waals surface area (Å²) >= 11 is 0. The molecule has 0 saturated carbocycles. The molecule has 226 valence electrons. The molecule has 0 saturated heterocycles. The van der Waals surface area contributed by atoms with Crippen LogP contribution in [0.15, 0.2) is 51.9 Å². The van der Waals surface area contributed by atoms with Gasteiger partial charge in [0.15, 0.2) is 11.5 Å².